The number of nitrogens with zero attached hydrogens (tertiary/aromatic N) is 1. The van der Waals surface area contributed by atoms with E-state index in [1.807, 2.05) is 0 Å². The first-order chi connectivity index (χ1) is 5.43. The van der Waals surface area contributed by atoms with E-state index < -0.39 is 23.4 Å². The SMILES string of the molecule is Oc1c(C(F)(F)F)ccnc1F. The Balaban J connectivity index is 3.26. The third-order valence-corrected chi connectivity index (χ3v) is 1.19. The Morgan fingerprint density at radius 2 is 1.92 bits per heavy atom. The van der Waals surface area contributed by atoms with Crippen molar-refractivity contribution in [1.29, 1.82) is 0 Å². The van der Waals surface area contributed by atoms with Crippen LogP contribution in [0.15, 0.2) is 12.3 Å². The summed E-state index contributed by atoms with van der Waals surface area (Å²) in [7, 11) is 0. The second-order valence-corrected chi connectivity index (χ2v) is 2.00. The highest BCUT2D eigenvalue weighted by Gasteiger charge is 2.35. The Morgan fingerprint density at radius 1 is 1.33 bits per heavy atom. The third-order valence-electron chi connectivity index (χ3n) is 1.19. The van der Waals surface area contributed by atoms with E-state index in [0.29, 0.717) is 12.3 Å². The number of rotatable bonds is 0. The summed E-state index contributed by atoms with van der Waals surface area (Å²) in [6.45, 7) is 0. The first-order valence-electron chi connectivity index (χ1n) is 2.83. The van der Waals surface area contributed by atoms with Crippen LogP contribution in [0.4, 0.5) is 17.6 Å². The minimum atomic E-state index is -4.76. The zero-order valence-corrected chi connectivity index (χ0v) is 5.56. The molecule has 0 atom stereocenters. The second kappa shape index (κ2) is 2.62. The van der Waals surface area contributed by atoms with Gasteiger partial charge in [0.05, 0.1) is 0 Å². The number of halogens is 4. The molecule has 0 aliphatic heterocycles. The van der Waals surface area contributed by atoms with Crippen LogP contribution in [0.2, 0.25) is 0 Å². The highest BCUT2D eigenvalue weighted by atomic mass is 19.4. The largest absolute Gasteiger partial charge is 0.503 e. The van der Waals surface area contributed by atoms with Gasteiger partial charge >= 0.3 is 6.18 Å². The van der Waals surface area contributed by atoms with Crippen molar-refractivity contribution in [3.63, 3.8) is 0 Å². The molecule has 0 unspecified atom stereocenters. The molecule has 1 heterocycles. The number of hydrogen-bond acceptors (Lipinski definition) is 2. The third kappa shape index (κ3) is 1.46. The summed E-state index contributed by atoms with van der Waals surface area (Å²) in [5.41, 5.74) is -1.42. The van der Waals surface area contributed by atoms with Crippen LogP contribution in [-0.2, 0) is 6.18 Å². The molecule has 0 aliphatic rings. The van der Waals surface area contributed by atoms with Gasteiger partial charge in [0.15, 0.2) is 5.75 Å². The highest BCUT2D eigenvalue weighted by Crippen LogP contribution is 2.35. The van der Waals surface area contributed by atoms with Crippen molar-refractivity contribution in [2.24, 2.45) is 0 Å². The molecule has 0 bridgehead atoms. The van der Waals surface area contributed by atoms with E-state index in [2.05, 4.69) is 4.98 Å². The van der Waals surface area contributed by atoms with E-state index in [0.717, 1.165) is 0 Å². The molecule has 2 nitrogen and oxygen atoms in total. The first kappa shape index (κ1) is 8.76. The molecule has 0 saturated heterocycles. The standard InChI is InChI=1S/C6H3F4NO/c7-5-4(12)3(1-2-11-5)6(8,9)10/h1-2,12H. The molecule has 6 heteroatoms. The van der Waals surface area contributed by atoms with E-state index in [4.69, 9.17) is 5.11 Å². The number of aromatic hydroxyl groups is 1. The molecule has 0 aromatic carbocycles. The van der Waals surface area contributed by atoms with Crippen molar-refractivity contribution in [3.05, 3.63) is 23.8 Å². The number of alkyl halides is 3. The van der Waals surface area contributed by atoms with Crippen LogP contribution in [0.1, 0.15) is 5.56 Å². The monoisotopic (exact) mass is 181 g/mol. The van der Waals surface area contributed by atoms with Gasteiger partial charge in [0.25, 0.3) is 5.95 Å². The average Bonchev–Trinajstić information content (AvgIpc) is 1.92. The van der Waals surface area contributed by atoms with E-state index in [9.17, 15) is 17.6 Å². The number of hydrogen-bond donors (Lipinski definition) is 1. The van der Waals surface area contributed by atoms with Gasteiger partial charge in [-0.05, 0) is 6.07 Å². The fourth-order valence-electron chi connectivity index (χ4n) is 0.657. The predicted octanol–water partition coefficient (Wildman–Crippen LogP) is 1.95. The lowest BCUT2D eigenvalue weighted by Crippen LogP contribution is -2.06. The predicted molar refractivity (Wildman–Crippen MR) is 30.9 cm³/mol. The van der Waals surface area contributed by atoms with Gasteiger partial charge in [0.1, 0.15) is 5.56 Å². The van der Waals surface area contributed by atoms with Crippen molar-refractivity contribution < 1.29 is 22.7 Å². The van der Waals surface area contributed by atoms with E-state index in [1.54, 1.807) is 0 Å². The molecule has 0 spiro atoms. The molecular weight excluding hydrogens is 178 g/mol. The van der Waals surface area contributed by atoms with Crippen molar-refractivity contribution >= 4 is 0 Å². The zero-order chi connectivity index (χ0) is 9.35. The Hall–Kier alpha value is -1.33. The summed E-state index contributed by atoms with van der Waals surface area (Å²) >= 11 is 0. The van der Waals surface area contributed by atoms with Crippen LogP contribution in [-0.4, -0.2) is 10.1 Å². The van der Waals surface area contributed by atoms with Crippen molar-refractivity contribution in [2.45, 2.75) is 6.18 Å². The molecule has 0 aliphatic carbocycles. The summed E-state index contributed by atoms with van der Waals surface area (Å²) < 4.78 is 47.9. The number of pyridine rings is 1. The van der Waals surface area contributed by atoms with Crippen molar-refractivity contribution in [2.75, 3.05) is 0 Å². The first-order valence-corrected chi connectivity index (χ1v) is 2.83. The molecule has 1 N–H and O–H groups in total. The lowest BCUT2D eigenvalue weighted by molar-refractivity contribution is -0.139. The quantitative estimate of drug-likeness (QED) is 0.490. The average molecular weight is 181 g/mol. The Labute approximate surface area is 64.5 Å². The topological polar surface area (TPSA) is 33.1 Å². The summed E-state index contributed by atoms with van der Waals surface area (Å²) in [5.74, 6) is -2.99. The Morgan fingerprint density at radius 3 is 2.33 bits per heavy atom. The normalized spacial score (nSPS) is 11.7. The summed E-state index contributed by atoms with van der Waals surface area (Å²) in [5, 5.41) is 8.58. The van der Waals surface area contributed by atoms with Crippen molar-refractivity contribution in [3.8, 4) is 5.75 Å². The van der Waals surface area contributed by atoms with E-state index in [1.165, 1.54) is 0 Å². The maximum absolute atomic E-state index is 12.2. The van der Waals surface area contributed by atoms with Crippen LogP contribution in [0, 0.1) is 5.95 Å². The fraction of sp³-hybridized carbons (Fsp3) is 0.167. The molecule has 1 aromatic heterocycles. The maximum Gasteiger partial charge on any atom is 0.420 e. The molecule has 0 radical (unpaired) electrons. The molecule has 66 valence electrons. The van der Waals surface area contributed by atoms with Gasteiger partial charge in [-0.1, -0.05) is 0 Å². The van der Waals surface area contributed by atoms with Gasteiger partial charge in [-0.25, -0.2) is 4.98 Å². The molecule has 0 amide bonds. The van der Waals surface area contributed by atoms with Gasteiger partial charge in [-0.3, -0.25) is 0 Å². The minimum absolute atomic E-state index is 0.498. The van der Waals surface area contributed by atoms with Crippen LogP contribution in [0.5, 0.6) is 5.75 Å². The second-order valence-electron chi connectivity index (χ2n) is 2.00. The van der Waals surface area contributed by atoms with Crippen LogP contribution >= 0.6 is 0 Å². The van der Waals surface area contributed by atoms with Crippen LogP contribution < -0.4 is 0 Å². The van der Waals surface area contributed by atoms with E-state index >= 15 is 0 Å². The van der Waals surface area contributed by atoms with Gasteiger partial charge in [0, 0.05) is 6.20 Å². The maximum atomic E-state index is 12.2. The molecular formula is C6H3F4NO. The smallest absolute Gasteiger partial charge is 0.420 e. The molecule has 1 aromatic rings. The Bertz CT molecular complexity index is 296. The summed E-state index contributed by atoms with van der Waals surface area (Å²) in [4.78, 5) is 2.84. The van der Waals surface area contributed by atoms with E-state index in [-0.39, 0.29) is 0 Å². The zero-order valence-electron chi connectivity index (χ0n) is 5.56. The van der Waals surface area contributed by atoms with Crippen molar-refractivity contribution in [1.82, 2.24) is 4.98 Å². The van der Waals surface area contributed by atoms with Crippen LogP contribution in [0.3, 0.4) is 0 Å². The minimum Gasteiger partial charge on any atom is -0.503 e. The summed E-state index contributed by atoms with van der Waals surface area (Å²) in [6.07, 6.45) is -4.12. The van der Waals surface area contributed by atoms with Crippen LogP contribution in [0.25, 0.3) is 0 Å². The van der Waals surface area contributed by atoms with Gasteiger partial charge in [-0.15, -0.1) is 0 Å². The molecule has 0 fully saturated rings. The van der Waals surface area contributed by atoms with Gasteiger partial charge in [0.2, 0.25) is 0 Å². The fourth-order valence-corrected chi connectivity index (χ4v) is 0.657. The molecule has 12 heavy (non-hydrogen) atoms. The molecule has 1 rings (SSSR count). The lowest BCUT2D eigenvalue weighted by Gasteiger charge is -2.07. The highest BCUT2D eigenvalue weighted by molar-refractivity contribution is 5.31. The lowest BCUT2D eigenvalue weighted by atomic mass is 10.2. The summed E-state index contributed by atoms with van der Waals surface area (Å²) in [6, 6.07) is 0.498. The molecule has 0 saturated carbocycles. The van der Waals surface area contributed by atoms with Gasteiger partial charge in [-0.2, -0.15) is 17.6 Å². The Kier molecular flexibility index (Phi) is 1.91. The number of aromatic nitrogens is 1. The van der Waals surface area contributed by atoms with Gasteiger partial charge < -0.3 is 5.11 Å².